The average molecular weight is 262 g/mol. The summed E-state index contributed by atoms with van der Waals surface area (Å²) in [6, 6.07) is 15.8. The van der Waals surface area contributed by atoms with E-state index in [1.54, 1.807) is 0 Å². The molecule has 94 valence electrons. The second-order valence-corrected chi connectivity index (χ2v) is 4.66. The number of halogens is 1. The standard InChI is InChI=1S/C15H16ClNO/c1-17(2)14-10-6-9-13(16)15(14)18-11-12-7-4-3-5-8-12/h3-10H,11H2,1-2H3. The molecule has 0 N–H and O–H groups in total. The van der Waals surface area contributed by atoms with Crippen LogP contribution in [-0.2, 0) is 6.61 Å². The highest BCUT2D eigenvalue weighted by atomic mass is 35.5. The molecule has 0 amide bonds. The lowest BCUT2D eigenvalue weighted by atomic mass is 10.2. The lowest BCUT2D eigenvalue weighted by molar-refractivity contribution is 0.307. The Balaban J connectivity index is 2.19. The van der Waals surface area contributed by atoms with Gasteiger partial charge in [-0.25, -0.2) is 0 Å². The van der Waals surface area contributed by atoms with Gasteiger partial charge in [-0.1, -0.05) is 48.0 Å². The number of benzene rings is 2. The van der Waals surface area contributed by atoms with Crippen molar-refractivity contribution >= 4 is 17.3 Å². The fourth-order valence-electron chi connectivity index (χ4n) is 1.72. The van der Waals surface area contributed by atoms with Crippen LogP contribution in [0.3, 0.4) is 0 Å². The summed E-state index contributed by atoms with van der Waals surface area (Å²) in [4.78, 5) is 1.99. The first kappa shape index (κ1) is 12.8. The van der Waals surface area contributed by atoms with Crippen LogP contribution in [0.5, 0.6) is 5.75 Å². The Labute approximate surface area is 113 Å². The van der Waals surface area contributed by atoms with E-state index in [2.05, 4.69) is 0 Å². The molecule has 0 aliphatic heterocycles. The van der Waals surface area contributed by atoms with Gasteiger partial charge in [0, 0.05) is 14.1 Å². The molecule has 2 aromatic carbocycles. The van der Waals surface area contributed by atoms with Crippen LogP contribution in [0, 0.1) is 0 Å². The number of ether oxygens (including phenoxy) is 1. The molecule has 2 nitrogen and oxygen atoms in total. The minimum absolute atomic E-state index is 0.519. The van der Waals surface area contributed by atoms with E-state index in [1.165, 1.54) is 0 Å². The van der Waals surface area contributed by atoms with Crippen molar-refractivity contribution in [1.29, 1.82) is 0 Å². The molecule has 3 heteroatoms. The van der Waals surface area contributed by atoms with Gasteiger partial charge in [0.1, 0.15) is 6.61 Å². The molecule has 0 aromatic heterocycles. The van der Waals surface area contributed by atoms with Crippen molar-refractivity contribution in [2.75, 3.05) is 19.0 Å². The maximum atomic E-state index is 6.19. The number of para-hydroxylation sites is 1. The van der Waals surface area contributed by atoms with E-state index in [0.717, 1.165) is 17.0 Å². The normalized spacial score (nSPS) is 10.2. The summed E-state index contributed by atoms with van der Waals surface area (Å²) in [5.74, 6) is 0.730. The first-order valence-corrected chi connectivity index (χ1v) is 6.19. The number of hydrogen-bond acceptors (Lipinski definition) is 2. The molecule has 0 aliphatic carbocycles. The molecule has 0 saturated heterocycles. The van der Waals surface area contributed by atoms with Crippen LogP contribution < -0.4 is 9.64 Å². The molecule has 0 unspecified atom stereocenters. The van der Waals surface area contributed by atoms with Gasteiger partial charge in [0.15, 0.2) is 5.75 Å². The largest absolute Gasteiger partial charge is 0.485 e. The molecule has 0 spiro atoms. The van der Waals surface area contributed by atoms with Crippen LogP contribution in [0.1, 0.15) is 5.56 Å². The lowest BCUT2D eigenvalue weighted by Crippen LogP contribution is -2.11. The van der Waals surface area contributed by atoms with Crippen LogP contribution in [0.4, 0.5) is 5.69 Å². The Morgan fingerprint density at radius 3 is 2.39 bits per heavy atom. The summed E-state index contributed by atoms with van der Waals surface area (Å²) in [5.41, 5.74) is 2.11. The van der Waals surface area contributed by atoms with Gasteiger partial charge in [-0.2, -0.15) is 0 Å². The van der Waals surface area contributed by atoms with E-state index in [0.29, 0.717) is 11.6 Å². The van der Waals surface area contributed by atoms with E-state index in [-0.39, 0.29) is 0 Å². The highest BCUT2D eigenvalue weighted by molar-refractivity contribution is 6.32. The zero-order valence-corrected chi connectivity index (χ0v) is 11.3. The fourth-order valence-corrected chi connectivity index (χ4v) is 1.95. The van der Waals surface area contributed by atoms with Gasteiger partial charge in [-0.05, 0) is 17.7 Å². The Hall–Kier alpha value is -1.67. The van der Waals surface area contributed by atoms with Crippen molar-refractivity contribution in [3.05, 3.63) is 59.1 Å². The third-order valence-corrected chi connectivity index (χ3v) is 2.95. The molecular weight excluding hydrogens is 246 g/mol. The third kappa shape index (κ3) is 2.96. The number of hydrogen-bond donors (Lipinski definition) is 0. The highest BCUT2D eigenvalue weighted by Gasteiger charge is 2.10. The van der Waals surface area contributed by atoms with E-state index in [1.807, 2.05) is 67.5 Å². The van der Waals surface area contributed by atoms with Gasteiger partial charge in [0.05, 0.1) is 10.7 Å². The summed E-state index contributed by atoms with van der Waals surface area (Å²) in [6.07, 6.45) is 0. The van der Waals surface area contributed by atoms with Crippen molar-refractivity contribution in [2.24, 2.45) is 0 Å². The molecule has 0 heterocycles. The molecule has 2 aromatic rings. The average Bonchev–Trinajstić information content (AvgIpc) is 2.38. The van der Waals surface area contributed by atoms with Crippen molar-refractivity contribution in [3.8, 4) is 5.75 Å². The van der Waals surface area contributed by atoms with Crippen LogP contribution in [0.25, 0.3) is 0 Å². The van der Waals surface area contributed by atoms with Gasteiger partial charge in [0.25, 0.3) is 0 Å². The van der Waals surface area contributed by atoms with E-state index in [9.17, 15) is 0 Å². The maximum absolute atomic E-state index is 6.19. The van der Waals surface area contributed by atoms with Gasteiger partial charge in [-0.15, -0.1) is 0 Å². The van der Waals surface area contributed by atoms with Gasteiger partial charge in [-0.3, -0.25) is 0 Å². The Kier molecular flexibility index (Phi) is 4.11. The van der Waals surface area contributed by atoms with Crippen molar-refractivity contribution < 1.29 is 4.74 Å². The molecular formula is C15H16ClNO. The Bertz CT molecular complexity index is 511. The Morgan fingerprint density at radius 2 is 1.72 bits per heavy atom. The zero-order valence-electron chi connectivity index (χ0n) is 10.6. The van der Waals surface area contributed by atoms with E-state index >= 15 is 0 Å². The second kappa shape index (κ2) is 5.78. The topological polar surface area (TPSA) is 12.5 Å². The molecule has 0 bridgehead atoms. The van der Waals surface area contributed by atoms with Crippen molar-refractivity contribution in [3.63, 3.8) is 0 Å². The van der Waals surface area contributed by atoms with E-state index < -0.39 is 0 Å². The number of rotatable bonds is 4. The summed E-state index contributed by atoms with van der Waals surface area (Å²) < 4.78 is 5.84. The van der Waals surface area contributed by atoms with Gasteiger partial charge < -0.3 is 9.64 Å². The van der Waals surface area contributed by atoms with E-state index in [4.69, 9.17) is 16.3 Å². The molecule has 18 heavy (non-hydrogen) atoms. The van der Waals surface area contributed by atoms with Gasteiger partial charge in [0.2, 0.25) is 0 Å². The van der Waals surface area contributed by atoms with Crippen molar-refractivity contribution in [2.45, 2.75) is 6.61 Å². The first-order valence-electron chi connectivity index (χ1n) is 5.81. The lowest BCUT2D eigenvalue weighted by Gasteiger charge is -2.18. The quantitative estimate of drug-likeness (QED) is 0.825. The Morgan fingerprint density at radius 1 is 1.00 bits per heavy atom. The summed E-state index contributed by atoms with van der Waals surface area (Å²) in [6.45, 7) is 0.519. The minimum atomic E-state index is 0.519. The monoisotopic (exact) mass is 261 g/mol. The molecule has 2 rings (SSSR count). The van der Waals surface area contributed by atoms with Crippen LogP contribution in [0.2, 0.25) is 5.02 Å². The maximum Gasteiger partial charge on any atom is 0.161 e. The van der Waals surface area contributed by atoms with Crippen LogP contribution in [0.15, 0.2) is 48.5 Å². The predicted octanol–water partition coefficient (Wildman–Crippen LogP) is 3.99. The van der Waals surface area contributed by atoms with Crippen molar-refractivity contribution in [1.82, 2.24) is 0 Å². The molecule has 0 atom stereocenters. The molecule has 0 radical (unpaired) electrons. The smallest absolute Gasteiger partial charge is 0.161 e. The number of nitrogens with zero attached hydrogens (tertiary/aromatic N) is 1. The summed E-state index contributed by atoms with van der Waals surface area (Å²) in [5, 5.41) is 0.636. The fraction of sp³-hybridized carbons (Fsp3) is 0.200. The second-order valence-electron chi connectivity index (χ2n) is 4.26. The molecule has 0 aliphatic rings. The van der Waals surface area contributed by atoms with Crippen LogP contribution in [-0.4, -0.2) is 14.1 Å². The summed E-state index contributed by atoms with van der Waals surface area (Å²) in [7, 11) is 3.95. The SMILES string of the molecule is CN(C)c1cccc(Cl)c1OCc1ccccc1. The summed E-state index contributed by atoms with van der Waals surface area (Å²) >= 11 is 6.19. The molecule has 0 saturated carbocycles. The highest BCUT2D eigenvalue weighted by Crippen LogP contribution is 2.34. The predicted molar refractivity (Wildman–Crippen MR) is 76.6 cm³/mol. The minimum Gasteiger partial charge on any atom is -0.485 e. The number of anilines is 1. The van der Waals surface area contributed by atoms with Gasteiger partial charge >= 0.3 is 0 Å². The zero-order chi connectivity index (χ0) is 13.0. The molecule has 0 fully saturated rings. The third-order valence-electron chi connectivity index (χ3n) is 2.65. The van der Waals surface area contributed by atoms with Crippen LogP contribution >= 0.6 is 11.6 Å². The first-order chi connectivity index (χ1) is 8.68.